The van der Waals surface area contributed by atoms with Crippen LogP contribution in [-0.2, 0) is 6.54 Å². The van der Waals surface area contributed by atoms with E-state index in [-0.39, 0.29) is 5.69 Å². The summed E-state index contributed by atoms with van der Waals surface area (Å²) >= 11 is 6.33. The number of hydrogen-bond acceptors (Lipinski definition) is 4. The van der Waals surface area contributed by atoms with Crippen LogP contribution >= 0.6 is 11.6 Å². The molecule has 0 spiro atoms. The van der Waals surface area contributed by atoms with E-state index in [9.17, 15) is 4.79 Å². The highest BCUT2D eigenvalue weighted by molar-refractivity contribution is 6.31. The number of aromatic amines is 2. The first-order valence-corrected chi connectivity index (χ1v) is 7.93. The molecule has 126 valence electrons. The van der Waals surface area contributed by atoms with Gasteiger partial charge in [0, 0.05) is 23.3 Å². The maximum atomic E-state index is 11.3. The molecule has 0 aliphatic carbocycles. The van der Waals surface area contributed by atoms with Gasteiger partial charge in [-0.2, -0.15) is 0 Å². The van der Waals surface area contributed by atoms with Gasteiger partial charge in [0.2, 0.25) is 0 Å². The maximum Gasteiger partial charge on any atom is 0.323 e. The van der Waals surface area contributed by atoms with E-state index < -0.39 is 0 Å². The Labute approximate surface area is 143 Å². The zero-order valence-corrected chi connectivity index (χ0v) is 14.2. The summed E-state index contributed by atoms with van der Waals surface area (Å²) in [6.07, 6.45) is 0. The minimum Gasteiger partial charge on any atom is -0.493 e. The molecule has 0 amide bonds. The average molecular weight is 348 g/mol. The summed E-state index contributed by atoms with van der Waals surface area (Å²) in [5.41, 5.74) is 3.06. The molecule has 7 heteroatoms. The van der Waals surface area contributed by atoms with Crippen molar-refractivity contribution < 1.29 is 9.47 Å². The summed E-state index contributed by atoms with van der Waals surface area (Å²) in [6.45, 7) is 2.96. The van der Waals surface area contributed by atoms with Gasteiger partial charge in [0.15, 0.2) is 11.5 Å². The van der Waals surface area contributed by atoms with Crippen molar-refractivity contribution in [3.63, 3.8) is 0 Å². The number of ether oxygens (including phenoxy) is 2. The predicted octanol–water partition coefficient (Wildman–Crippen LogP) is 3.53. The molecule has 0 saturated heterocycles. The fraction of sp³-hybridized carbons (Fsp3) is 0.235. The van der Waals surface area contributed by atoms with Crippen LogP contribution in [0.4, 0.5) is 5.69 Å². The maximum absolute atomic E-state index is 11.3. The Bertz CT molecular complexity index is 917. The lowest BCUT2D eigenvalue weighted by Gasteiger charge is -2.14. The zero-order valence-electron chi connectivity index (χ0n) is 13.4. The van der Waals surface area contributed by atoms with Crippen molar-refractivity contribution in [1.82, 2.24) is 9.97 Å². The topological polar surface area (TPSA) is 79.1 Å². The number of methoxy groups -OCH3 is 1. The highest BCUT2D eigenvalue weighted by Gasteiger charge is 2.10. The van der Waals surface area contributed by atoms with E-state index in [1.54, 1.807) is 13.2 Å². The number of fused-ring (bicyclic) bond motifs is 1. The van der Waals surface area contributed by atoms with Crippen molar-refractivity contribution >= 4 is 28.3 Å². The summed E-state index contributed by atoms with van der Waals surface area (Å²) in [7, 11) is 1.60. The first-order valence-electron chi connectivity index (χ1n) is 7.56. The number of anilines is 1. The molecule has 0 saturated carbocycles. The summed E-state index contributed by atoms with van der Waals surface area (Å²) in [5, 5.41) is 3.89. The molecule has 0 atom stereocenters. The highest BCUT2D eigenvalue weighted by Crippen LogP contribution is 2.33. The number of benzene rings is 2. The largest absolute Gasteiger partial charge is 0.493 e. The molecule has 24 heavy (non-hydrogen) atoms. The minimum atomic E-state index is -0.221. The number of rotatable bonds is 6. The molecular formula is C17H18ClN3O3. The van der Waals surface area contributed by atoms with Gasteiger partial charge in [-0.1, -0.05) is 11.6 Å². The number of aromatic nitrogens is 2. The molecule has 0 bridgehead atoms. The highest BCUT2D eigenvalue weighted by atomic mass is 35.5. The van der Waals surface area contributed by atoms with Gasteiger partial charge in [0.1, 0.15) is 0 Å². The van der Waals surface area contributed by atoms with Crippen molar-refractivity contribution in [2.75, 3.05) is 19.0 Å². The van der Waals surface area contributed by atoms with Gasteiger partial charge in [-0.05, 0) is 36.8 Å². The van der Waals surface area contributed by atoms with E-state index in [2.05, 4.69) is 15.3 Å². The molecule has 0 aliphatic heterocycles. The molecule has 6 nitrogen and oxygen atoms in total. The van der Waals surface area contributed by atoms with Gasteiger partial charge >= 0.3 is 5.69 Å². The Kier molecular flexibility index (Phi) is 4.66. The molecule has 0 radical (unpaired) electrons. The van der Waals surface area contributed by atoms with Crippen molar-refractivity contribution in [3.8, 4) is 11.5 Å². The van der Waals surface area contributed by atoms with Crippen LogP contribution in [0.2, 0.25) is 5.02 Å². The molecule has 3 rings (SSSR count). The van der Waals surface area contributed by atoms with Crippen molar-refractivity contribution in [2.45, 2.75) is 13.5 Å². The van der Waals surface area contributed by atoms with Crippen molar-refractivity contribution in [2.24, 2.45) is 0 Å². The van der Waals surface area contributed by atoms with E-state index in [0.29, 0.717) is 29.7 Å². The quantitative estimate of drug-likeness (QED) is 0.637. The second-order valence-electron chi connectivity index (χ2n) is 5.22. The van der Waals surface area contributed by atoms with Crippen LogP contribution in [0.3, 0.4) is 0 Å². The smallest absolute Gasteiger partial charge is 0.323 e. The number of nitrogens with one attached hydrogen (secondary N) is 3. The van der Waals surface area contributed by atoms with Gasteiger partial charge in [0.05, 0.1) is 24.8 Å². The average Bonchev–Trinajstić information content (AvgIpc) is 2.93. The first kappa shape index (κ1) is 16.3. The number of halogens is 1. The number of hydrogen-bond donors (Lipinski definition) is 3. The monoisotopic (exact) mass is 347 g/mol. The lowest BCUT2D eigenvalue weighted by molar-refractivity contribution is 0.311. The molecule has 0 fully saturated rings. The predicted molar refractivity (Wildman–Crippen MR) is 95.4 cm³/mol. The van der Waals surface area contributed by atoms with E-state index in [1.165, 1.54) is 0 Å². The van der Waals surface area contributed by atoms with Gasteiger partial charge < -0.3 is 24.8 Å². The van der Waals surface area contributed by atoms with Gasteiger partial charge in [-0.15, -0.1) is 0 Å². The van der Waals surface area contributed by atoms with Crippen LogP contribution in [0.5, 0.6) is 11.5 Å². The Morgan fingerprint density at radius 3 is 2.67 bits per heavy atom. The van der Waals surface area contributed by atoms with Crippen LogP contribution in [0, 0.1) is 0 Å². The fourth-order valence-corrected chi connectivity index (χ4v) is 2.70. The number of H-pyrrole nitrogens is 2. The second kappa shape index (κ2) is 6.88. The molecule has 0 aliphatic rings. The first-order chi connectivity index (χ1) is 11.6. The Morgan fingerprint density at radius 2 is 1.92 bits per heavy atom. The Morgan fingerprint density at radius 1 is 1.12 bits per heavy atom. The van der Waals surface area contributed by atoms with Gasteiger partial charge in [0.25, 0.3) is 0 Å². The molecule has 2 aromatic carbocycles. The van der Waals surface area contributed by atoms with E-state index in [4.69, 9.17) is 21.1 Å². The van der Waals surface area contributed by atoms with Gasteiger partial charge in [-0.25, -0.2) is 4.79 Å². The van der Waals surface area contributed by atoms with E-state index >= 15 is 0 Å². The molecule has 1 aromatic heterocycles. The third-order valence-corrected chi connectivity index (χ3v) is 3.98. The summed E-state index contributed by atoms with van der Waals surface area (Å²) < 4.78 is 10.9. The Hall–Kier alpha value is -2.60. The SMILES string of the molecule is CCOc1cc(Cl)c(CNc2ccc3[nH]c(=O)[nH]c3c2)cc1OC. The lowest BCUT2D eigenvalue weighted by Crippen LogP contribution is -2.02. The summed E-state index contributed by atoms with van der Waals surface area (Å²) in [4.78, 5) is 16.8. The lowest BCUT2D eigenvalue weighted by atomic mass is 10.2. The Balaban J connectivity index is 1.80. The molecule has 0 unspecified atom stereocenters. The molecule has 3 aromatic rings. The summed E-state index contributed by atoms with van der Waals surface area (Å²) in [6, 6.07) is 9.22. The fourth-order valence-electron chi connectivity index (χ4n) is 2.48. The molecule has 3 N–H and O–H groups in total. The van der Waals surface area contributed by atoms with Crippen LogP contribution in [0.1, 0.15) is 12.5 Å². The van der Waals surface area contributed by atoms with E-state index in [0.717, 1.165) is 22.3 Å². The third kappa shape index (κ3) is 3.33. The van der Waals surface area contributed by atoms with Crippen LogP contribution in [0.15, 0.2) is 35.1 Å². The van der Waals surface area contributed by atoms with Crippen LogP contribution in [0.25, 0.3) is 11.0 Å². The van der Waals surface area contributed by atoms with Gasteiger partial charge in [-0.3, -0.25) is 0 Å². The second-order valence-corrected chi connectivity index (χ2v) is 5.63. The van der Waals surface area contributed by atoms with Crippen LogP contribution in [-0.4, -0.2) is 23.7 Å². The normalized spacial score (nSPS) is 10.8. The summed E-state index contributed by atoms with van der Waals surface area (Å²) in [5.74, 6) is 1.27. The van der Waals surface area contributed by atoms with Crippen molar-refractivity contribution in [3.05, 3.63) is 51.4 Å². The van der Waals surface area contributed by atoms with Crippen LogP contribution < -0.4 is 20.5 Å². The zero-order chi connectivity index (χ0) is 17.1. The minimum absolute atomic E-state index is 0.221. The standard InChI is InChI=1S/C17H18ClN3O3/c1-3-24-16-8-12(18)10(6-15(16)23-2)9-19-11-4-5-13-14(7-11)21-17(22)20-13/h4-8,19H,3,9H2,1-2H3,(H2,20,21,22). The van der Waals surface area contributed by atoms with Crippen molar-refractivity contribution in [1.29, 1.82) is 0 Å². The third-order valence-electron chi connectivity index (χ3n) is 3.63. The molecular weight excluding hydrogens is 330 g/mol. The van der Waals surface area contributed by atoms with E-state index in [1.807, 2.05) is 31.2 Å². The molecule has 1 heterocycles. The number of imidazole rings is 1.